The van der Waals surface area contributed by atoms with Crippen LogP contribution in [-0.4, -0.2) is 9.97 Å². The van der Waals surface area contributed by atoms with Gasteiger partial charge in [0.15, 0.2) is 0 Å². The van der Waals surface area contributed by atoms with E-state index in [-0.39, 0.29) is 5.69 Å². The largest absolute Gasteiger partial charge is 0.416 e. The summed E-state index contributed by atoms with van der Waals surface area (Å²) >= 11 is 3.20. The van der Waals surface area contributed by atoms with E-state index in [4.69, 9.17) is 5.84 Å². The fourth-order valence-electron chi connectivity index (χ4n) is 1.65. The van der Waals surface area contributed by atoms with E-state index in [2.05, 4.69) is 36.6 Å². The zero-order valence-electron chi connectivity index (χ0n) is 10.8. The Morgan fingerprint density at radius 1 is 1.19 bits per heavy atom. The van der Waals surface area contributed by atoms with Crippen molar-refractivity contribution in [1.82, 2.24) is 9.97 Å². The number of nitrogens with one attached hydrogen (secondary N) is 2. The lowest BCUT2D eigenvalue weighted by atomic mass is 10.2. The summed E-state index contributed by atoms with van der Waals surface area (Å²) in [4.78, 5) is 7.89. The molecule has 0 unspecified atom stereocenters. The first-order chi connectivity index (χ1) is 9.82. The third-order valence-corrected chi connectivity index (χ3v) is 3.46. The molecule has 1 aromatic heterocycles. The molecule has 0 aliphatic rings. The third kappa shape index (κ3) is 3.42. The Bertz CT molecular complexity index is 660. The smallest absolute Gasteiger partial charge is 0.339 e. The first kappa shape index (κ1) is 15.5. The van der Waals surface area contributed by atoms with Gasteiger partial charge in [-0.2, -0.15) is 13.2 Å². The molecule has 5 nitrogen and oxygen atoms in total. The molecule has 1 aromatic carbocycles. The molecule has 0 aliphatic carbocycles. The van der Waals surface area contributed by atoms with Crippen LogP contribution in [0.3, 0.4) is 0 Å². The van der Waals surface area contributed by atoms with Gasteiger partial charge in [-0.3, -0.25) is 0 Å². The molecule has 2 rings (SSSR count). The molecule has 1 heterocycles. The van der Waals surface area contributed by atoms with Crippen LogP contribution < -0.4 is 16.6 Å². The van der Waals surface area contributed by atoms with Gasteiger partial charge < -0.3 is 10.7 Å². The zero-order valence-corrected chi connectivity index (χ0v) is 12.4. The van der Waals surface area contributed by atoms with Crippen LogP contribution in [0.2, 0.25) is 0 Å². The van der Waals surface area contributed by atoms with Crippen molar-refractivity contribution in [1.29, 1.82) is 0 Å². The second-order valence-corrected chi connectivity index (χ2v) is 5.01. The van der Waals surface area contributed by atoms with Crippen molar-refractivity contribution in [2.45, 2.75) is 13.1 Å². The van der Waals surface area contributed by atoms with Gasteiger partial charge in [-0.05, 0) is 41.1 Å². The minimum atomic E-state index is -4.41. The predicted octanol–water partition coefficient (Wildman–Crippen LogP) is 3.60. The maximum absolute atomic E-state index is 12.7. The third-order valence-electron chi connectivity index (χ3n) is 2.77. The summed E-state index contributed by atoms with van der Waals surface area (Å²) in [7, 11) is 0. The van der Waals surface area contributed by atoms with E-state index in [0.717, 1.165) is 12.1 Å². The number of nitrogens with zero attached hydrogens (tertiary/aromatic N) is 2. The number of hydrazine groups is 1. The summed E-state index contributed by atoms with van der Waals surface area (Å²) in [5, 5.41) is 2.83. The number of halogens is 4. The molecule has 0 saturated heterocycles. The van der Waals surface area contributed by atoms with E-state index in [1.54, 1.807) is 6.92 Å². The van der Waals surface area contributed by atoms with Crippen LogP contribution in [0, 0.1) is 6.92 Å². The van der Waals surface area contributed by atoms with Gasteiger partial charge in [0.05, 0.1) is 11.3 Å². The number of rotatable bonds is 3. The summed E-state index contributed by atoms with van der Waals surface area (Å²) in [6.07, 6.45) is -3.16. The molecule has 0 fully saturated rings. The van der Waals surface area contributed by atoms with Crippen LogP contribution in [-0.2, 0) is 6.18 Å². The Morgan fingerprint density at radius 3 is 2.48 bits per heavy atom. The molecule has 4 N–H and O–H groups in total. The van der Waals surface area contributed by atoms with Crippen LogP contribution in [0.5, 0.6) is 0 Å². The van der Waals surface area contributed by atoms with E-state index < -0.39 is 11.7 Å². The van der Waals surface area contributed by atoms with Gasteiger partial charge in [0.25, 0.3) is 0 Å². The van der Waals surface area contributed by atoms with Crippen molar-refractivity contribution in [3.05, 3.63) is 40.1 Å². The van der Waals surface area contributed by atoms with Gasteiger partial charge in [-0.15, -0.1) is 0 Å². The molecular weight excluding hydrogens is 351 g/mol. The van der Waals surface area contributed by atoms with Gasteiger partial charge in [0.1, 0.15) is 18.0 Å². The maximum Gasteiger partial charge on any atom is 0.416 e. The fourth-order valence-corrected chi connectivity index (χ4v) is 1.99. The van der Waals surface area contributed by atoms with E-state index in [1.165, 1.54) is 12.4 Å². The molecule has 0 bridgehead atoms. The van der Waals surface area contributed by atoms with Gasteiger partial charge in [0.2, 0.25) is 0 Å². The number of aromatic nitrogens is 2. The molecule has 9 heteroatoms. The quantitative estimate of drug-likeness (QED) is 0.575. The summed E-state index contributed by atoms with van der Waals surface area (Å²) in [6, 6.07) is 3.32. The fraction of sp³-hybridized carbons (Fsp3) is 0.167. The predicted molar refractivity (Wildman–Crippen MR) is 77.0 cm³/mol. The number of alkyl halides is 3. The van der Waals surface area contributed by atoms with Crippen molar-refractivity contribution in [2.75, 3.05) is 10.7 Å². The number of anilines is 3. The highest BCUT2D eigenvalue weighted by Crippen LogP contribution is 2.35. The molecular formula is C12H11BrF3N5. The second-order valence-electron chi connectivity index (χ2n) is 4.16. The minimum Gasteiger partial charge on any atom is -0.339 e. The molecule has 0 spiro atoms. The summed E-state index contributed by atoms with van der Waals surface area (Å²) in [5.41, 5.74) is 2.47. The number of nitrogens with two attached hydrogens (primary N) is 1. The number of hydrogen-bond acceptors (Lipinski definition) is 5. The second kappa shape index (κ2) is 5.86. The monoisotopic (exact) mass is 361 g/mol. The van der Waals surface area contributed by atoms with Crippen molar-refractivity contribution < 1.29 is 13.2 Å². The number of hydrogen-bond donors (Lipinski definition) is 3. The molecule has 0 aliphatic heterocycles. The Hall–Kier alpha value is -1.87. The highest BCUT2D eigenvalue weighted by Gasteiger charge is 2.31. The highest BCUT2D eigenvalue weighted by molar-refractivity contribution is 9.10. The van der Waals surface area contributed by atoms with Gasteiger partial charge >= 0.3 is 6.18 Å². The van der Waals surface area contributed by atoms with Crippen LogP contribution >= 0.6 is 15.9 Å². The Kier molecular flexibility index (Phi) is 4.33. The first-order valence-corrected chi connectivity index (χ1v) is 6.54. The number of nitrogen functional groups attached to an aromatic ring is 1. The SMILES string of the molecule is Cc1c(NN)ncnc1Nc1cc(C(F)(F)F)ccc1Br. The average Bonchev–Trinajstić information content (AvgIpc) is 2.42. The van der Waals surface area contributed by atoms with Crippen molar-refractivity contribution >= 4 is 33.3 Å². The van der Waals surface area contributed by atoms with Crippen LogP contribution in [0.15, 0.2) is 29.0 Å². The van der Waals surface area contributed by atoms with Crippen molar-refractivity contribution in [3.63, 3.8) is 0 Å². The lowest BCUT2D eigenvalue weighted by Crippen LogP contribution is -2.12. The van der Waals surface area contributed by atoms with E-state index in [0.29, 0.717) is 21.7 Å². The molecule has 0 atom stereocenters. The molecule has 112 valence electrons. The van der Waals surface area contributed by atoms with E-state index >= 15 is 0 Å². The normalized spacial score (nSPS) is 11.3. The standard InChI is InChI=1S/C12H11BrF3N5/c1-6-10(18-5-19-11(6)21-17)20-9-4-7(12(14,15)16)2-3-8(9)13/h2-5H,17H2,1H3,(H2,18,19,20,21). The highest BCUT2D eigenvalue weighted by atomic mass is 79.9. The Morgan fingerprint density at radius 2 is 1.86 bits per heavy atom. The zero-order chi connectivity index (χ0) is 15.6. The van der Waals surface area contributed by atoms with Crippen LogP contribution in [0.25, 0.3) is 0 Å². The maximum atomic E-state index is 12.7. The van der Waals surface area contributed by atoms with Gasteiger partial charge in [-0.25, -0.2) is 15.8 Å². The number of benzene rings is 1. The molecule has 0 amide bonds. The summed E-state index contributed by atoms with van der Waals surface area (Å²) in [5.74, 6) is 6.04. The lowest BCUT2D eigenvalue weighted by Gasteiger charge is -2.14. The molecule has 2 aromatic rings. The minimum absolute atomic E-state index is 0.245. The van der Waals surface area contributed by atoms with Gasteiger partial charge in [0, 0.05) is 10.0 Å². The van der Waals surface area contributed by atoms with Crippen LogP contribution in [0.1, 0.15) is 11.1 Å². The summed E-state index contributed by atoms with van der Waals surface area (Å²) in [6.45, 7) is 1.69. The molecule has 0 radical (unpaired) electrons. The van der Waals surface area contributed by atoms with E-state index in [1.807, 2.05) is 0 Å². The topological polar surface area (TPSA) is 75.9 Å². The molecule has 0 saturated carbocycles. The van der Waals surface area contributed by atoms with Gasteiger partial charge in [-0.1, -0.05) is 0 Å². The lowest BCUT2D eigenvalue weighted by molar-refractivity contribution is -0.137. The van der Waals surface area contributed by atoms with E-state index in [9.17, 15) is 13.2 Å². The Balaban J connectivity index is 2.40. The van der Waals surface area contributed by atoms with Crippen molar-refractivity contribution in [2.24, 2.45) is 5.84 Å². The van der Waals surface area contributed by atoms with Crippen LogP contribution in [0.4, 0.5) is 30.5 Å². The Labute approximate surface area is 126 Å². The summed E-state index contributed by atoms with van der Waals surface area (Å²) < 4.78 is 38.7. The first-order valence-electron chi connectivity index (χ1n) is 5.75. The molecule has 21 heavy (non-hydrogen) atoms. The van der Waals surface area contributed by atoms with Crippen molar-refractivity contribution in [3.8, 4) is 0 Å². The average molecular weight is 362 g/mol.